The second-order valence-corrected chi connectivity index (χ2v) is 6.39. The summed E-state index contributed by atoms with van der Waals surface area (Å²) < 4.78 is 50.0. The number of aliphatic hydroxyl groups is 1. The van der Waals surface area contributed by atoms with Crippen molar-refractivity contribution in [1.29, 1.82) is 0 Å². The molecule has 24 heavy (non-hydrogen) atoms. The zero-order valence-corrected chi connectivity index (χ0v) is 12.7. The minimum atomic E-state index is -4.55. The van der Waals surface area contributed by atoms with Crippen molar-refractivity contribution in [3.8, 4) is 5.75 Å². The lowest BCUT2D eigenvalue weighted by molar-refractivity contribution is -0.154. The highest BCUT2D eigenvalue weighted by molar-refractivity contribution is 5.69. The molecule has 132 valence electrons. The van der Waals surface area contributed by atoms with Crippen LogP contribution in [0, 0.1) is 0 Å². The summed E-state index contributed by atoms with van der Waals surface area (Å²) in [7, 11) is 0. The van der Waals surface area contributed by atoms with Crippen molar-refractivity contribution in [2.75, 3.05) is 13.2 Å². The summed E-state index contributed by atoms with van der Waals surface area (Å²) in [5, 5.41) is 20.0. The number of alkyl halides is 3. The third kappa shape index (κ3) is 3.08. The van der Waals surface area contributed by atoms with E-state index < -0.39 is 35.3 Å². The minimum absolute atomic E-state index is 0.00796. The molecule has 1 atom stereocenters. The number of ether oxygens (including phenoxy) is 2. The fraction of sp³-hybridized carbons (Fsp3) is 0.562. The first kappa shape index (κ1) is 17.0. The number of aliphatic carboxylic acids is 1. The quantitative estimate of drug-likeness (QED) is 0.861. The van der Waals surface area contributed by atoms with Crippen LogP contribution in [-0.4, -0.2) is 35.0 Å². The lowest BCUT2D eigenvalue weighted by atomic mass is 9.74. The zero-order valence-electron chi connectivity index (χ0n) is 12.7. The maximum atomic E-state index is 13.0. The molecule has 0 aliphatic carbocycles. The van der Waals surface area contributed by atoms with Gasteiger partial charge in [0, 0.05) is 24.8 Å². The third-order valence-corrected chi connectivity index (χ3v) is 4.60. The topological polar surface area (TPSA) is 76.0 Å². The van der Waals surface area contributed by atoms with Crippen LogP contribution in [0.15, 0.2) is 18.2 Å². The molecule has 1 saturated heterocycles. The summed E-state index contributed by atoms with van der Waals surface area (Å²) in [5.41, 5.74) is -3.52. The van der Waals surface area contributed by atoms with Crippen molar-refractivity contribution in [3.05, 3.63) is 29.3 Å². The fourth-order valence-corrected chi connectivity index (χ4v) is 3.50. The van der Waals surface area contributed by atoms with Gasteiger partial charge in [0.1, 0.15) is 17.0 Å². The highest BCUT2D eigenvalue weighted by Crippen LogP contribution is 2.50. The Morgan fingerprint density at radius 2 is 1.92 bits per heavy atom. The number of rotatable bonds is 2. The summed E-state index contributed by atoms with van der Waals surface area (Å²) in [6.07, 6.45) is -4.38. The molecule has 1 fully saturated rings. The summed E-state index contributed by atoms with van der Waals surface area (Å²) in [6.45, 7) is 0.689. The maximum absolute atomic E-state index is 13.0. The van der Waals surface area contributed by atoms with Crippen molar-refractivity contribution in [1.82, 2.24) is 0 Å². The van der Waals surface area contributed by atoms with Crippen molar-refractivity contribution in [2.45, 2.75) is 43.1 Å². The summed E-state index contributed by atoms with van der Waals surface area (Å²) >= 11 is 0. The number of hydrogen-bond donors (Lipinski definition) is 2. The van der Waals surface area contributed by atoms with Crippen LogP contribution in [0.4, 0.5) is 13.2 Å². The molecule has 1 aromatic carbocycles. The SMILES string of the molecule is O=C(O)CC1(O)CC2(CCOCC2)Oc2cc(C(F)(F)F)ccc21. The van der Waals surface area contributed by atoms with E-state index in [1.807, 2.05) is 0 Å². The number of benzene rings is 1. The normalized spacial score (nSPS) is 25.8. The average molecular weight is 346 g/mol. The Balaban J connectivity index is 2.08. The van der Waals surface area contributed by atoms with E-state index in [4.69, 9.17) is 14.6 Å². The number of carbonyl (C=O) groups is 1. The Hall–Kier alpha value is -1.80. The Morgan fingerprint density at radius 3 is 2.50 bits per heavy atom. The number of carboxylic acids is 1. The smallest absolute Gasteiger partial charge is 0.416 e. The summed E-state index contributed by atoms with van der Waals surface area (Å²) in [4.78, 5) is 11.2. The predicted molar refractivity (Wildman–Crippen MR) is 75.6 cm³/mol. The standard InChI is InChI=1S/C16H17F3O5/c17-16(18,19)10-1-2-11-12(7-10)24-14(3-5-23-6-4-14)9-15(11,22)8-13(20)21/h1-2,7,22H,3-6,8-9H2,(H,20,21). The van der Waals surface area contributed by atoms with Gasteiger partial charge in [-0.25, -0.2) is 0 Å². The fourth-order valence-electron chi connectivity index (χ4n) is 3.50. The van der Waals surface area contributed by atoms with Gasteiger partial charge in [0.15, 0.2) is 0 Å². The average Bonchev–Trinajstić information content (AvgIpc) is 2.45. The first-order valence-electron chi connectivity index (χ1n) is 7.56. The Labute approximate surface area is 136 Å². The monoisotopic (exact) mass is 346 g/mol. The van der Waals surface area contributed by atoms with Crippen molar-refractivity contribution >= 4 is 5.97 Å². The molecular formula is C16H17F3O5. The van der Waals surface area contributed by atoms with Gasteiger partial charge < -0.3 is 19.7 Å². The minimum Gasteiger partial charge on any atom is -0.487 e. The van der Waals surface area contributed by atoms with E-state index in [0.29, 0.717) is 26.1 Å². The molecule has 1 aromatic rings. The molecule has 1 unspecified atom stereocenters. The van der Waals surface area contributed by atoms with Gasteiger partial charge in [-0.15, -0.1) is 0 Å². The molecule has 0 amide bonds. The number of hydrogen-bond acceptors (Lipinski definition) is 4. The predicted octanol–water partition coefficient (Wildman–Crippen LogP) is 2.70. The molecule has 1 spiro atoms. The van der Waals surface area contributed by atoms with Crippen molar-refractivity contribution in [3.63, 3.8) is 0 Å². The molecule has 5 nitrogen and oxygen atoms in total. The summed E-state index contributed by atoms with van der Waals surface area (Å²) in [6, 6.07) is 2.77. The van der Waals surface area contributed by atoms with Gasteiger partial charge in [-0.2, -0.15) is 13.2 Å². The van der Waals surface area contributed by atoms with Gasteiger partial charge >= 0.3 is 12.1 Å². The third-order valence-electron chi connectivity index (χ3n) is 4.60. The van der Waals surface area contributed by atoms with Crippen molar-refractivity contribution < 1.29 is 37.7 Å². The van der Waals surface area contributed by atoms with E-state index in [9.17, 15) is 23.1 Å². The van der Waals surface area contributed by atoms with E-state index in [1.165, 1.54) is 0 Å². The molecule has 0 saturated carbocycles. The van der Waals surface area contributed by atoms with E-state index in [2.05, 4.69) is 0 Å². The van der Waals surface area contributed by atoms with Crippen LogP contribution in [0.3, 0.4) is 0 Å². The van der Waals surface area contributed by atoms with Crippen LogP contribution < -0.4 is 4.74 Å². The highest BCUT2D eigenvalue weighted by atomic mass is 19.4. The van der Waals surface area contributed by atoms with Crippen LogP contribution in [0.1, 0.15) is 36.8 Å². The lowest BCUT2D eigenvalue weighted by Gasteiger charge is -2.47. The summed E-state index contributed by atoms with van der Waals surface area (Å²) in [5.74, 6) is -1.34. The molecular weight excluding hydrogens is 329 g/mol. The molecule has 2 N–H and O–H groups in total. The second kappa shape index (κ2) is 5.63. The molecule has 3 rings (SSSR count). The number of fused-ring (bicyclic) bond motifs is 1. The second-order valence-electron chi connectivity index (χ2n) is 6.39. The maximum Gasteiger partial charge on any atom is 0.416 e. The molecule has 2 aliphatic heterocycles. The van der Waals surface area contributed by atoms with Gasteiger partial charge in [-0.3, -0.25) is 4.79 Å². The molecule has 0 aromatic heterocycles. The van der Waals surface area contributed by atoms with Gasteiger partial charge in [-0.1, -0.05) is 6.07 Å². The van der Waals surface area contributed by atoms with Crippen LogP contribution in [-0.2, 0) is 21.3 Å². The van der Waals surface area contributed by atoms with Crippen molar-refractivity contribution in [2.24, 2.45) is 0 Å². The van der Waals surface area contributed by atoms with Crippen LogP contribution in [0.25, 0.3) is 0 Å². The molecule has 0 radical (unpaired) electrons. The molecule has 0 bridgehead atoms. The zero-order chi connectivity index (χ0) is 17.6. The van der Waals surface area contributed by atoms with E-state index in [0.717, 1.165) is 18.2 Å². The molecule has 8 heteroatoms. The Kier molecular flexibility index (Phi) is 4.00. The van der Waals surface area contributed by atoms with Gasteiger partial charge in [-0.05, 0) is 12.1 Å². The van der Waals surface area contributed by atoms with E-state index in [1.54, 1.807) is 0 Å². The van der Waals surface area contributed by atoms with Gasteiger partial charge in [0.05, 0.1) is 25.2 Å². The van der Waals surface area contributed by atoms with Gasteiger partial charge in [0.25, 0.3) is 0 Å². The largest absolute Gasteiger partial charge is 0.487 e. The highest BCUT2D eigenvalue weighted by Gasteiger charge is 2.50. The van der Waals surface area contributed by atoms with E-state index in [-0.39, 0.29) is 17.7 Å². The van der Waals surface area contributed by atoms with Crippen LogP contribution >= 0.6 is 0 Å². The first-order valence-corrected chi connectivity index (χ1v) is 7.56. The number of carboxylic acid groups (broad SMARTS) is 1. The molecule has 2 heterocycles. The van der Waals surface area contributed by atoms with Gasteiger partial charge in [0.2, 0.25) is 0 Å². The Bertz CT molecular complexity index is 652. The van der Waals surface area contributed by atoms with Crippen LogP contribution in [0.5, 0.6) is 5.75 Å². The van der Waals surface area contributed by atoms with Crippen LogP contribution in [0.2, 0.25) is 0 Å². The first-order chi connectivity index (χ1) is 11.1. The van der Waals surface area contributed by atoms with E-state index >= 15 is 0 Å². The molecule has 2 aliphatic rings. The number of halogens is 3. The Morgan fingerprint density at radius 1 is 1.25 bits per heavy atom. The lowest BCUT2D eigenvalue weighted by Crippen LogP contribution is -2.51.